The van der Waals surface area contributed by atoms with Crippen LogP contribution in [-0.2, 0) is 0 Å². The molecule has 0 radical (unpaired) electrons. The molecular formula is C10H12F8N2. The zero-order valence-corrected chi connectivity index (χ0v) is 10.2. The number of hydrogen-bond acceptors (Lipinski definition) is 2. The molecule has 0 saturated carbocycles. The van der Waals surface area contributed by atoms with Crippen LogP contribution in [0.1, 0.15) is 25.7 Å². The third-order valence-electron chi connectivity index (χ3n) is 2.79. The molecule has 0 aromatic heterocycles. The molecule has 0 unspecified atom stereocenters. The van der Waals surface area contributed by atoms with Gasteiger partial charge in [-0.3, -0.25) is 0 Å². The fourth-order valence-electron chi connectivity index (χ4n) is 2.01. The first kappa shape index (κ1) is 16.8. The molecule has 0 aliphatic carbocycles. The second-order valence-corrected chi connectivity index (χ2v) is 4.26. The van der Waals surface area contributed by atoms with Crippen LogP contribution in [0.25, 0.3) is 0 Å². The molecule has 1 aliphatic heterocycles. The standard InChI is InChI=1S/C10H12F8N2/c11-7(12)8(19-5-3-1-2-4-6-19)20(9(13,14)15)10(16,17)18/h1-6H2. The van der Waals surface area contributed by atoms with E-state index in [4.69, 9.17) is 0 Å². The Kier molecular flexibility index (Phi) is 5.09. The van der Waals surface area contributed by atoms with Crippen LogP contribution in [0.2, 0.25) is 0 Å². The van der Waals surface area contributed by atoms with E-state index in [0.29, 0.717) is 17.7 Å². The Bertz CT molecular complexity index is 333. The third-order valence-corrected chi connectivity index (χ3v) is 2.79. The summed E-state index contributed by atoms with van der Waals surface area (Å²) in [6.45, 7) is -0.537. The minimum atomic E-state index is -5.97. The first-order valence-corrected chi connectivity index (χ1v) is 5.79. The SMILES string of the molecule is FC(F)=C(N1CCCCCC1)N(C(F)(F)F)C(F)(F)F. The summed E-state index contributed by atoms with van der Waals surface area (Å²) in [4.78, 5) is -1.68. The number of halogens is 8. The zero-order valence-electron chi connectivity index (χ0n) is 10.2. The predicted molar refractivity (Wildman–Crippen MR) is 53.2 cm³/mol. The van der Waals surface area contributed by atoms with Crippen LogP contribution in [0.5, 0.6) is 0 Å². The van der Waals surface area contributed by atoms with Gasteiger partial charge in [-0.2, -0.15) is 13.7 Å². The van der Waals surface area contributed by atoms with Gasteiger partial charge in [0.05, 0.1) is 0 Å². The molecule has 0 atom stereocenters. The lowest BCUT2D eigenvalue weighted by Crippen LogP contribution is -2.52. The predicted octanol–water partition coefficient (Wildman–Crippen LogP) is 4.27. The Morgan fingerprint density at radius 3 is 1.45 bits per heavy atom. The van der Waals surface area contributed by atoms with Crippen molar-refractivity contribution in [2.75, 3.05) is 13.1 Å². The van der Waals surface area contributed by atoms with Gasteiger partial charge in [-0.25, -0.2) is 0 Å². The summed E-state index contributed by atoms with van der Waals surface area (Å²) in [5, 5.41) is 0. The van der Waals surface area contributed by atoms with Crippen molar-refractivity contribution in [1.29, 1.82) is 0 Å². The maximum atomic E-state index is 12.7. The molecule has 118 valence electrons. The molecule has 1 fully saturated rings. The summed E-state index contributed by atoms with van der Waals surface area (Å²) in [5.41, 5.74) is 0. The van der Waals surface area contributed by atoms with Crippen LogP contribution in [0.4, 0.5) is 35.1 Å². The van der Waals surface area contributed by atoms with Gasteiger partial charge in [0.15, 0.2) is 5.82 Å². The van der Waals surface area contributed by atoms with E-state index in [1.165, 1.54) is 0 Å². The van der Waals surface area contributed by atoms with E-state index in [0.717, 1.165) is 0 Å². The number of alkyl halides is 6. The molecule has 1 aliphatic rings. The molecule has 1 rings (SSSR count). The van der Waals surface area contributed by atoms with Gasteiger partial charge in [-0.15, -0.1) is 26.3 Å². The normalized spacial score (nSPS) is 17.7. The highest BCUT2D eigenvalue weighted by Gasteiger charge is 2.57. The highest BCUT2D eigenvalue weighted by Crippen LogP contribution is 2.40. The first-order chi connectivity index (χ1) is 9.05. The van der Waals surface area contributed by atoms with Crippen LogP contribution in [-0.4, -0.2) is 35.5 Å². The highest BCUT2D eigenvalue weighted by atomic mass is 19.4. The lowest BCUT2D eigenvalue weighted by molar-refractivity contribution is -0.366. The smallest absolute Gasteiger partial charge is 0.353 e. The minimum absolute atomic E-state index is 0.264. The van der Waals surface area contributed by atoms with Crippen molar-refractivity contribution in [1.82, 2.24) is 9.80 Å². The van der Waals surface area contributed by atoms with Crippen molar-refractivity contribution in [3.8, 4) is 0 Å². The number of rotatable bonds is 2. The Balaban J connectivity index is 3.19. The number of nitrogens with zero attached hydrogens (tertiary/aromatic N) is 2. The summed E-state index contributed by atoms with van der Waals surface area (Å²) in [6, 6.07) is 0. The van der Waals surface area contributed by atoms with Crippen molar-refractivity contribution < 1.29 is 35.1 Å². The monoisotopic (exact) mass is 312 g/mol. The molecule has 20 heavy (non-hydrogen) atoms. The molecule has 1 heterocycles. The quantitative estimate of drug-likeness (QED) is 0.555. The van der Waals surface area contributed by atoms with E-state index in [2.05, 4.69) is 0 Å². The fourth-order valence-corrected chi connectivity index (χ4v) is 2.01. The lowest BCUT2D eigenvalue weighted by Gasteiger charge is -2.35. The Morgan fingerprint density at radius 2 is 1.15 bits per heavy atom. The summed E-state index contributed by atoms with van der Waals surface area (Å²) < 4.78 is 100. The fraction of sp³-hybridized carbons (Fsp3) is 0.800. The van der Waals surface area contributed by atoms with E-state index in [9.17, 15) is 35.1 Å². The average molecular weight is 312 g/mol. The van der Waals surface area contributed by atoms with E-state index in [-0.39, 0.29) is 25.9 Å². The molecular weight excluding hydrogens is 300 g/mol. The van der Waals surface area contributed by atoms with Gasteiger partial charge < -0.3 is 4.90 Å². The Labute approximate surface area is 109 Å². The maximum Gasteiger partial charge on any atom is 0.493 e. The van der Waals surface area contributed by atoms with Crippen LogP contribution in [0.15, 0.2) is 11.9 Å². The van der Waals surface area contributed by atoms with Gasteiger partial charge in [0.1, 0.15) is 0 Å². The van der Waals surface area contributed by atoms with Crippen LogP contribution < -0.4 is 0 Å². The summed E-state index contributed by atoms with van der Waals surface area (Å²) in [5.74, 6) is -2.12. The second-order valence-electron chi connectivity index (χ2n) is 4.26. The van der Waals surface area contributed by atoms with Crippen LogP contribution >= 0.6 is 0 Å². The van der Waals surface area contributed by atoms with Crippen molar-refractivity contribution in [3.63, 3.8) is 0 Å². The Hall–Kier alpha value is -1.22. The van der Waals surface area contributed by atoms with Gasteiger partial charge in [-0.1, -0.05) is 12.8 Å². The minimum Gasteiger partial charge on any atom is -0.353 e. The largest absolute Gasteiger partial charge is 0.493 e. The van der Waals surface area contributed by atoms with Crippen LogP contribution in [0.3, 0.4) is 0 Å². The van der Waals surface area contributed by atoms with E-state index in [1.807, 2.05) is 0 Å². The van der Waals surface area contributed by atoms with Gasteiger partial charge in [-0.05, 0) is 12.8 Å². The van der Waals surface area contributed by atoms with Crippen molar-refractivity contribution >= 4 is 0 Å². The molecule has 0 bridgehead atoms. The van der Waals surface area contributed by atoms with Gasteiger partial charge >= 0.3 is 18.7 Å². The summed E-state index contributed by atoms with van der Waals surface area (Å²) >= 11 is 0. The van der Waals surface area contributed by atoms with E-state index < -0.39 is 29.4 Å². The molecule has 0 aromatic carbocycles. The first-order valence-electron chi connectivity index (χ1n) is 5.79. The van der Waals surface area contributed by atoms with Crippen molar-refractivity contribution in [2.24, 2.45) is 0 Å². The number of hydrogen-bond donors (Lipinski definition) is 0. The maximum absolute atomic E-state index is 12.7. The topological polar surface area (TPSA) is 6.48 Å². The second kappa shape index (κ2) is 6.04. The summed E-state index contributed by atoms with van der Waals surface area (Å²) in [6.07, 6.45) is -13.2. The average Bonchev–Trinajstić information content (AvgIpc) is 2.49. The van der Waals surface area contributed by atoms with E-state index in [1.54, 1.807) is 0 Å². The highest BCUT2D eigenvalue weighted by molar-refractivity contribution is 5.04. The van der Waals surface area contributed by atoms with E-state index >= 15 is 0 Å². The summed E-state index contributed by atoms with van der Waals surface area (Å²) in [7, 11) is 0. The van der Waals surface area contributed by atoms with Crippen LogP contribution in [0, 0.1) is 0 Å². The number of likely N-dealkylation sites (tertiary alicyclic amines) is 1. The van der Waals surface area contributed by atoms with Gasteiger partial charge in [0.2, 0.25) is 0 Å². The molecule has 1 saturated heterocycles. The zero-order chi connectivity index (χ0) is 15.6. The molecule has 2 nitrogen and oxygen atoms in total. The Morgan fingerprint density at radius 1 is 0.750 bits per heavy atom. The van der Waals surface area contributed by atoms with Gasteiger partial charge in [0.25, 0.3) is 0 Å². The molecule has 0 N–H and O–H groups in total. The lowest BCUT2D eigenvalue weighted by atomic mass is 10.2. The van der Waals surface area contributed by atoms with Gasteiger partial charge in [0, 0.05) is 13.1 Å². The van der Waals surface area contributed by atoms with Crippen molar-refractivity contribution in [2.45, 2.75) is 38.3 Å². The van der Waals surface area contributed by atoms with Crippen molar-refractivity contribution in [3.05, 3.63) is 11.9 Å². The third kappa shape index (κ3) is 4.14. The molecule has 0 aromatic rings. The molecule has 10 heteroatoms. The molecule has 0 amide bonds. The molecule has 0 spiro atoms.